The van der Waals surface area contributed by atoms with Gasteiger partial charge in [-0.2, -0.15) is 10.4 Å². The number of rotatable bonds is 9. The Bertz CT molecular complexity index is 1210. The van der Waals surface area contributed by atoms with Crippen LogP contribution in [0.2, 0.25) is 0 Å². The van der Waals surface area contributed by atoms with Gasteiger partial charge in [-0.1, -0.05) is 49.1 Å². The Labute approximate surface area is 180 Å². The molecule has 0 aliphatic heterocycles. The molecule has 0 saturated carbocycles. The molecule has 1 aromatic heterocycles. The fourth-order valence-electron chi connectivity index (χ4n) is 2.89. The van der Waals surface area contributed by atoms with Crippen molar-refractivity contribution in [3.8, 4) is 23.1 Å². The number of aromatic amines is 1. The first kappa shape index (κ1) is 21.3. The molecule has 7 heteroatoms. The van der Waals surface area contributed by atoms with Crippen LogP contribution in [0.1, 0.15) is 16.7 Å². The van der Waals surface area contributed by atoms with Crippen LogP contribution >= 0.6 is 0 Å². The van der Waals surface area contributed by atoms with Gasteiger partial charge in [-0.25, -0.2) is 10.4 Å². The lowest BCUT2D eigenvalue weighted by atomic mass is 10.1. The van der Waals surface area contributed by atoms with Crippen LogP contribution in [-0.2, 0) is 6.42 Å². The number of allylic oxidation sites excluding steroid dienone is 1. The number of nitriles is 1. The summed E-state index contributed by atoms with van der Waals surface area (Å²) in [7, 11) is 0. The molecule has 2 N–H and O–H groups in total. The van der Waals surface area contributed by atoms with Gasteiger partial charge in [-0.3, -0.25) is 9.78 Å². The van der Waals surface area contributed by atoms with Crippen LogP contribution in [0.5, 0.6) is 5.75 Å². The predicted octanol–water partition coefficient (Wildman–Crippen LogP) is 4.05. The van der Waals surface area contributed by atoms with Crippen molar-refractivity contribution < 1.29 is 4.74 Å². The summed E-state index contributed by atoms with van der Waals surface area (Å²) in [6.07, 6.45) is 5.73. The van der Waals surface area contributed by atoms with E-state index < -0.39 is 5.56 Å². The highest BCUT2D eigenvalue weighted by Gasteiger charge is 2.12. The molecule has 0 unspecified atom stereocenters. The van der Waals surface area contributed by atoms with Crippen molar-refractivity contribution in [2.75, 3.05) is 12.0 Å². The minimum absolute atomic E-state index is 0.0510. The number of benzene rings is 2. The number of H-pyrrole nitrogens is 1. The molecule has 0 saturated heterocycles. The molecule has 0 fully saturated rings. The third kappa shape index (κ3) is 5.34. The van der Waals surface area contributed by atoms with Crippen molar-refractivity contribution in [1.29, 1.82) is 5.26 Å². The van der Waals surface area contributed by atoms with Crippen LogP contribution in [0.4, 0.5) is 5.95 Å². The van der Waals surface area contributed by atoms with Gasteiger partial charge in [0, 0.05) is 5.56 Å². The van der Waals surface area contributed by atoms with E-state index in [9.17, 15) is 10.1 Å². The molecule has 1 heterocycles. The zero-order valence-electron chi connectivity index (χ0n) is 16.8. The zero-order valence-corrected chi connectivity index (χ0v) is 16.8. The molecule has 2 aromatic carbocycles. The van der Waals surface area contributed by atoms with Gasteiger partial charge in [0.15, 0.2) is 0 Å². The molecule has 0 amide bonds. The van der Waals surface area contributed by atoms with Crippen LogP contribution in [0.3, 0.4) is 0 Å². The molecule has 0 aliphatic carbocycles. The molecule has 3 rings (SSSR count). The van der Waals surface area contributed by atoms with E-state index in [1.807, 2.05) is 42.5 Å². The summed E-state index contributed by atoms with van der Waals surface area (Å²) in [5.41, 5.74) is 4.90. The maximum atomic E-state index is 12.3. The number of hydrogen-bond donors (Lipinski definition) is 2. The molecule has 154 valence electrons. The molecular weight excluding hydrogens is 390 g/mol. The first-order valence-electron chi connectivity index (χ1n) is 9.52. The van der Waals surface area contributed by atoms with E-state index in [4.69, 9.17) is 4.74 Å². The quantitative estimate of drug-likeness (QED) is 0.314. The Morgan fingerprint density at radius 1 is 1.19 bits per heavy atom. The molecule has 0 spiro atoms. The second kappa shape index (κ2) is 10.4. The molecule has 31 heavy (non-hydrogen) atoms. The smallest absolute Gasteiger partial charge is 0.270 e. The van der Waals surface area contributed by atoms with Crippen molar-refractivity contribution in [1.82, 2.24) is 9.97 Å². The average molecular weight is 411 g/mol. The van der Waals surface area contributed by atoms with E-state index in [1.54, 1.807) is 30.5 Å². The summed E-state index contributed by atoms with van der Waals surface area (Å²) in [6.45, 7) is 7.85. The van der Waals surface area contributed by atoms with E-state index in [2.05, 4.69) is 33.7 Å². The Kier molecular flexibility index (Phi) is 7.12. The molecular formula is C24H21N5O2. The largest absolute Gasteiger partial charge is 0.489 e. The first-order valence-corrected chi connectivity index (χ1v) is 9.52. The van der Waals surface area contributed by atoms with Crippen LogP contribution in [0.25, 0.3) is 11.3 Å². The Morgan fingerprint density at radius 2 is 2.00 bits per heavy atom. The third-order valence-corrected chi connectivity index (χ3v) is 4.27. The van der Waals surface area contributed by atoms with Gasteiger partial charge in [-0.05, 0) is 35.7 Å². The summed E-state index contributed by atoms with van der Waals surface area (Å²) >= 11 is 0. The number of nitrogens with one attached hydrogen (secondary N) is 2. The number of aromatic nitrogens is 2. The summed E-state index contributed by atoms with van der Waals surface area (Å²) < 4.78 is 5.66. The normalized spacial score (nSPS) is 10.4. The Hall–Kier alpha value is -4.44. The summed E-state index contributed by atoms with van der Waals surface area (Å²) in [4.78, 5) is 19.2. The third-order valence-electron chi connectivity index (χ3n) is 4.27. The maximum absolute atomic E-state index is 12.3. The number of nitrogens with zero attached hydrogens (tertiary/aromatic N) is 3. The minimum Gasteiger partial charge on any atom is -0.489 e. The molecule has 3 aromatic rings. The van der Waals surface area contributed by atoms with Crippen LogP contribution < -0.4 is 15.7 Å². The van der Waals surface area contributed by atoms with Crippen molar-refractivity contribution in [2.45, 2.75) is 6.42 Å². The van der Waals surface area contributed by atoms with Gasteiger partial charge < -0.3 is 4.74 Å². The van der Waals surface area contributed by atoms with Crippen LogP contribution in [0, 0.1) is 11.3 Å². The minimum atomic E-state index is -0.536. The predicted molar refractivity (Wildman–Crippen MR) is 122 cm³/mol. The van der Waals surface area contributed by atoms with Crippen molar-refractivity contribution in [3.63, 3.8) is 0 Å². The Morgan fingerprint density at radius 3 is 2.71 bits per heavy atom. The SMILES string of the molecule is C=CCOc1ccc(C=NNc2nc(-c3ccccc3)c(C#N)c(=O)[nH]2)cc1CC=C. The number of ether oxygens (including phenoxy) is 1. The standard InChI is InChI=1S/C24H21N5O2/c1-3-8-19-14-17(11-12-21(19)31-13-4-2)16-26-29-24-27-22(18-9-6-5-7-10-18)20(15-25)23(30)28-24/h3-7,9-12,14,16H,1-2,8,13H2,(H2,27,28,29,30). The van der Waals surface area contributed by atoms with E-state index >= 15 is 0 Å². The topological polar surface area (TPSA) is 103 Å². The number of hydrazone groups is 1. The summed E-state index contributed by atoms with van der Waals surface area (Å²) in [5.74, 6) is 0.895. The lowest BCUT2D eigenvalue weighted by molar-refractivity contribution is 0.360. The van der Waals surface area contributed by atoms with Gasteiger partial charge in [0.1, 0.15) is 24.0 Å². The van der Waals surface area contributed by atoms with Crippen LogP contribution in [0.15, 0.2) is 83.7 Å². The number of hydrogen-bond acceptors (Lipinski definition) is 6. The number of anilines is 1. The lowest BCUT2D eigenvalue weighted by Gasteiger charge is -2.09. The second-order valence-electron chi connectivity index (χ2n) is 6.45. The van der Waals surface area contributed by atoms with Gasteiger partial charge >= 0.3 is 0 Å². The fourth-order valence-corrected chi connectivity index (χ4v) is 2.89. The second-order valence-corrected chi connectivity index (χ2v) is 6.45. The monoisotopic (exact) mass is 411 g/mol. The summed E-state index contributed by atoms with van der Waals surface area (Å²) in [5, 5.41) is 13.5. The van der Waals surface area contributed by atoms with Gasteiger partial charge in [0.05, 0.1) is 11.9 Å². The first-order chi connectivity index (χ1) is 15.2. The molecule has 0 bridgehead atoms. The van der Waals surface area contributed by atoms with Crippen molar-refractivity contribution >= 4 is 12.2 Å². The fraction of sp³-hybridized carbons (Fsp3) is 0.0833. The highest BCUT2D eigenvalue weighted by molar-refractivity contribution is 5.81. The highest BCUT2D eigenvalue weighted by atomic mass is 16.5. The van der Waals surface area contributed by atoms with Gasteiger partial charge in [0.2, 0.25) is 5.95 Å². The van der Waals surface area contributed by atoms with Gasteiger partial charge in [0.25, 0.3) is 5.56 Å². The van der Waals surface area contributed by atoms with Crippen molar-refractivity contribution in [2.24, 2.45) is 5.10 Å². The molecule has 0 atom stereocenters. The van der Waals surface area contributed by atoms with E-state index in [-0.39, 0.29) is 11.5 Å². The maximum Gasteiger partial charge on any atom is 0.270 e. The Balaban J connectivity index is 1.84. The average Bonchev–Trinajstić information content (AvgIpc) is 2.79. The van der Waals surface area contributed by atoms with Gasteiger partial charge in [-0.15, -0.1) is 6.58 Å². The summed E-state index contributed by atoms with van der Waals surface area (Å²) in [6, 6.07) is 16.6. The van der Waals surface area contributed by atoms with E-state index in [1.165, 1.54) is 0 Å². The highest BCUT2D eigenvalue weighted by Crippen LogP contribution is 2.21. The zero-order chi connectivity index (χ0) is 22.1. The van der Waals surface area contributed by atoms with Crippen LogP contribution in [-0.4, -0.2) is 22.8 Å². The van der Waals surface area contributed by atoms with E-state index in [0.717, 1.165) is 16.9 Å². The molecule has 0 radical (unpaired) electrons. The lowest BCUT2D eigenvalue weighted by Crippen LogP contribution is -2.16. The molecule has 0 aliphatic rings. The van der Waals surface area contributed by atoms with Crippen molar-refractivity contribution in [3.05, 3.63) is 101 Å². The van der Waals surface area contributed by atoms with E-state index in [0.29, 0.717) is 24.3 Å². The molecule has 7 nitrogen and oxygen atoms in total.